The number of likely N-dealkylation sites (tertiary alicyclic amines) is 1. The Morgan fingerprint density at radius 1 is 1.42 bits per heavy atom. The Hall–Kier alpha value is -1.10. The quantitative estimate of drug-likeness (QED) is 0.798. The van der Waals surface area contributed by atoms with Crippen LogP contribution in [0.3, 0.4) is 0 Å². The molecule has 2 unspecified atom stereocenters. The molecule has 2 atom stereocenters. The van der Waals surface area contributed by atoms with E-state index in [1.807, 2.05) is 27.7 Å². The average molecular weight is 270 g/mol. The van der Waals surface area contributed by atoms with Crippen LogP contribution in [0.4, 0.5) is 0 Å². The smallest absolute Gasteiger partial charge is 0.243 e. The lowest BCUT2D eigenvalue weighted by Gasteiger charge is -2.30. The van der Waals surface area contributed by atoms with E-state index in [0.29, 0.717) is 13.0 Å². The summed E-state index contributed by atoms with van der Waals surface area (Å²) in [6, 6.07) is -0.419. The van der Waals surface area contributed by atoms with E-state index >= 15 is 0 Å². The van der Waals surface area contributed by atoms with Crippen LogP contribution in [0.1, 0.15) is 47.0 Å². The summed E-state index contributed by atoms with van der Waals surface area (Å²) < 4.78 is 0. The zero-order chi connectivity index (χ0) is 14.6. The van der Waals surface area contributed by atoms with Gasteiger partial charge in [0.2, 0.25) is 11.8 Å². The highest BCUT2D eigenvalue weighted by molar-refractivity contribution is 5.90. The summed E-state index contributed by atoms with van der Waals surface area (Å²) in [4.78, 5) is 26.2. The number of hydrogen-bond acceptors (Lipinski definition) is 3. The fraction of sp³-hybridized carbons (Fsp3) is 0.857. The molecule has 0 saturated carbocycles. The summed E-state index contributed by atoms with van der Waals surface area (Å²) in [6.45, 7) is 8.18. The molecule has 5 nitrogen and oxygen atoms in total. The SMILES string of the molecule is CC(CCO)NC(=O)C1CCCN1C(=O)C(C)(C)C. The van der Waals surface area contributed by atoms with Gasteiger partial charge in [0.1, 0.15) is 6.04 Å². The summed E-state index contributed by atoms with van der Waals surface area (Å²) in [5, 5.41) is 11.7. The first-order valence-corrected chi connectivity index (χ1v) is 6.99. The lowest BCUT2D eigenvalue weighted by Crippen LogP contribution is -2.51. The molecular weight excluding hydrogens is 244 g/mol. The van der Waals surface area contributed by atoms with Gasteiger partial charge in [0, 0.05) is 24.6 Å². The summed E-state index contributed by atoms with van der Waals surface area (Å²) >= 11 is 0. The Balaban J connectivity index is 2.66. The standard InChI is InChI=1S/C14H26N2O3/c1-10(7-9-17)15-12(18)11-6-5-8-16(11)13(19)14(2,3)4/h10-11,17H,5-9H2,1-4H3,(H,15,18). The molecule has 0 aromatic carbocycles. The molecule has 0 radical (unpaired) electrons. The van der Waals surface area contributed by atoms with E-state index in [4.69, 9.17) is 5.11 Å². The molecule has 1 aliphatic rings. The summed E-state index contributed by atoms with van der Waals surface area (Å²) in [5.74, 6) is -0.0731. The molecule has 1 aliphatic heterocycles. The van der Waals surface area contributed by atoms with Crippen LogP contribution in [0.25, 0.3) is 0 Å². The molecule has 0 spiro atoms. The van der Waals surface area contributed by atoms with Gasteiger partial charge in [-0.1, -0.05) is 20.8 Å². The Labute approximate surface area is 115 Å². The van der Waals surface area contributed by atoms with Crippen molar-refractivity contribution in [3.8, 4) is 0 Å². The minimum absolute atomic E-state index is 0.0277. The molecule has 0 bridgehead atoms. The Bertz CT molecular complexity index is 336. The number of nitrogens with zero attached hydrogens (tertiary/aromatic N) is 1. The van der Waals surface area contributed by atoms with Crippen molar-refractivity contribution in [3.05, 3.63) is 0 Å². The minimum atomic E-state index is -0.459. The van der Waals surface area contributed by atoms with Gasteiger partial charge in [-0.25, -0.2) is 0 Å². The monoisotopic (exact) mass is 270 g/mol. The van der Waals surface area contributed by atoms with E-state index in [1.54, 1.807) is 4.90 Å². The van der Waals surface area contributed by atoms with Gasteiger partial charge in [0.05, 0.1) is 0 Å². The zero-order valence-electron chi connectivity index (χ0n) is 12.4. The van der Waals surface area contributed by atoms with E-state index in [2.05, 4.69) is 5.32 Å². The van der Waals surface area contributed by atoms with Crippen molar-refractivity contribution < 1.29 is 14.7 Å². The number of aliphatic hydroxyl groups is 1. The van der Waals surface area contributed by atoms with Gasteiger partial charge in [-0.05, 0) is 26.2 Å². The second-order valence-electron chi connectivity index (χ2n) is 6.33. The van der Waals surface area contributed by atoms with Crippen molar-refractivity contribution in [2.75, 3.05) is 13.2 Å². The molecule has 0 aromatic heterocycles. The number of carbonyl (C=O) groups excluding carboxylic acids is 2. The topological polar surface area (TPSA) is 69.6 Å². The summed E-state index contributed by atoms with van der Waals surface area (Å²) in [6.07, 6.45) is 2.12. The van der Waals surface area contributed by atoms with Gasteiger partial charge in [-0.3, -0.25) is 9.59 Å². The zero-order valence-corrected chi connectivity index (χ0v) is 12.4. The molecule has 1 heterocycles. The second kappa shape index (κ2) is 6.37. The van der Waals surface area contributed by atoms with Gasteiger partial charge >= 0.3 is 0 Å². The minimum Gasteiger partial charge on any atom is -0.396 e. The average Bonchev–Trinajstić information content (AvgIpc) is 2.75. The van der Waals surface area contributed by atoms with Gasteiger partial charge < -0.3 is 15.3 Å². The van der Waals surface area contributed by atoms with Crippen LogP contribution in [0.15, 0.2) is 0 Å². The molecule has 2 amide bonds. The largest absolute Gasteiger partial charge is 0.396 e. The third kappa shape index (κ3) is 4.20. The number of rotatable bonds is 4. The summed E-state index contributed by atoms with van der Waals surface area (Å²) in [5.41, 5.74) is -0.459. The van der Waals surface area contributed by atoms with Gasteiger partial charge in [0.25, 0.3) is 0 Å². The van der Waals surface area contributed by atoms with Crippen LogP contribution in [0, 0.1) is 5.41 Å². The van der Waals surface area contributed by atoms with Gasteiger partial charge in [-0.15, -0.1) is 0 Å². The highest BCUT2D eigenvalue weighted by Crippen LogP contribution is 2.25. The Kier molecular flexibility index (Phi) is 5.35. The number of nitrogens with one attached hydrogen (secondary N) is 1. The van der Waals surface area contributed by atoms with Crippen molar-refractivity contribution in [3.63, 3.8) is 0 Å². The molecule has 0 aliphatic carbocycles. The Morgan fingerprint density at radius 3 is 2.58 bits per heavy atom. The lowest BCUT2D eigenvalue weighted by atomic mass is 9.94. The fourth-order valence-electron chi connectivity index (χ4n) is 2.32. The van der Waals surface area contributed by atoms with Crippen molar-refractivity contribution in [1.82, 2.24) is 10.2 Å². The predicted octanol–water partition coefficient (Wildman–Crippen LogP) is 0.911. The molecule has 110 valence electrons. The van der Waals surface area contributed by atoms with Gasteiger partial charge in [-0.2, -0.15) is 0 Å². The van der Waals surface area contributed by atoms with E-state index in [9.17, 15) is 9.59 Å². The predicted molar refractivity (Wildman–Crippen MR) is 73.5 cm³/mol. The maximum Gasteiger partial charge on any atom is 0.243 e. The normalized spacial score (nSPS) is 21.3. The van der Waals surface area contributed by atoms with Gasteiger partial charge in [0.15, 0.2) is 0 Å². The van der Waals surface area contributed by atoms with E-state index in [1.165, 1.54) is 0 Å². The van der Waals surface area contributed by atoms with Crippen LogP contribution in [0.2, 0.25) is 0 Å². The molecule has 19 heavy (non-hydrogen) atoms. The van der Waals surface area contributed by atoms with E-state index in [0.717, 1.165) is 12.8 Å². The number of aliphatic hydroxyl groups excluding tert-OH is 1. The molecule has 5 heteroatoms. The third-order valence-electron chi connectivity index (χ3n) is 3.41. The third-order valence-corrected chi connectivity index (χ3v) is 3.41. The molecule has 2 N–H and O–H groups in total. The first-order chi connectivity index (χ1) is 8.77. The maximum atomic E-state index is 12.3. The van der Waals surface area contributed by atoms with Crippen LogP contribution >= 0.6 is 0 Å². The van der Waals surface area contributed by atoms with Crippen molar-refractivity contribution in [1.29, 1.82) is 0 Å². The second-order valence-corrected chi connectivity index (χ2v) is 6.33. The lowest BCUT2D eigenvalue weighted by molar-refractivity contribution is -0.144. The van der Waals surface area contributed by atoms with Crippen LogP contribution in [-0.4, -0.2) is 47.1 Å². The fourth-order valence-corrected chi connectivity index (χ4v) is 2.32. The summed E-state index contributed by atoms with van der Waals surface area (Å²) in [7, 11) is 0. The molecule has 0 aromatic rings. The van der Waals surface area contributed by atoms with Crippen LogP contribution < -0.4 is 5.32 Å². The van der Waals surface area contributed by atoms with E-state index in [-0.39, 0.29) is 30.5 Å². The van der Waals surface area contributed by atoms with Crippen molar-refractivity contribution >= 4 is 11.8 Å². The van der Waals surface area contributed by atoms with Crippen molar-refractivity contribution in [2.24, 2.45) is 5.41 Å². The number of hydrogen-bond donors (Lipinski definition) is 2. The van der Waals surface area contributed by atoms with Crippen molar-refractivity contribution in [2.45, 2.75) is 59.0 Å². The number of amides is 2. The highest BCUT2D eigenvalue weighted by Gasteiger charge is 2.38. The first kappa shape index (κ1) is 16.0. The van der Waals surface area contributed by atoms with E-state index < -0.39 is 5.41 Å². The molecular formula is C14H26N2O3. The van der Waals surface area contributed by atoms with Crippen LogP contribution in [-0.2, 0) is 9.59 Å². The molecule has 1 rings (SSSR count). The first-order valence-electron chi connectivity index (χ1n) is 6.99. The Morgan fingerprint density at radius 2 is 2.05 bits per heavy atom. The molecule has 1 fully saturated rings. The van der Waals surface area contributed by atoms with Crippen LogP contribution in [0.5, 0.6) is 0 Å². The molecule has 1 saturated heterocycles. The maximum absolute atomic E-state index is 12.3. The number of carbonyl (C=O) groups is 2. The highest BCUT2D eigenvalue weighted by atomic mass is 16.3.